The SMILES string of the molecule is CCOC(CCCCCCCO[SiH2]CCCSSSSCCC[SiH2]OCCCCCCCC(OCC)OCC)OCC. The highest BCUT2D eigenvalue weighted by Crippen LogP contribution is 2.43. The third-order valence-corrected chi connectivity index (χ3v) is 15.9. The van der Waals surface area contributed by atoms with Gasteiger partial charge in [0, 0.05) is 51.1 Å². The summed E-state index contributed by atoms with van der Waals surface area (Å²) in [6, 6.07) is 2.63. The molecule has 0 saturated carbocycles. The van der Waals surface area contributed by atoms with Gasteiger partial charge < -0.3 is 27.8 Å². The fourth-order valence-electron chi connectivity index (χ4n) is 4.31. The third kappa shape index (κ3) is 34.5. The minimum atomic E-state index is -0.313. The molecule has 0 bridgehead atoms. The molecule has 0 spiro atoms. The van der Waals surface area contributed by atoms with E-state index >= 15 is 0 Å². The van der Waals surface area contributed by atoms with Crippen molar-refractivity contribution in [2.24, 2.45) is 0 Å². The minimum absolute atomic E-state index is 0.00592. The number of ether oxygens (including phenoxy) is 4. The summed E-state index contributed by atoms with van der Waals surface area (Å²) in [5.74, 6) is 2.50. The average molecular weight is 707 g/mol. The van der Waals surface area contributed by atoms with Gasteiger partial charge in [0.05, 0.1) is 0 Å². The van der Waals surface area contributed by atoms with Gasteiger partial charge >= 0.3 is 0 Å². The second-order valence-electron chi connectivity index (χ2n) is 10.2. The predicted octanol–water partition coefficient (Wildman–Crippen LogP) is 8.96. The van der Waals surface area contributed by atoms with E-state index < -0.39 is 0 Å². The Morgan fingerprint density at radius 3 is 1.19 bits per heavy atom. The van der Waals surface area contributed by atoms with Gasteiger partial charge in [-0.2, -0.15) is 0 Å². The van der Waals surface area contributed by atoms with Crippen LogP contribution in [-0.2, 0) is 27.8 Å². The summed E-state index contributed by atoms with van der Waals surface area (Å²) < 4.78 is 34.3. The van der Waals surface area contributed by atoms with E-state index in [0.29, 0.717) is 0 Å². The van der Waals surface area contributed by atoms with Gasteiger partial charge in [0.1, 0.15) is 0 Å². The molecule has 0 fully saturated rings. The van der Waals surface area contributed by atoms with Crippen molar-refractivity contribution < 1.29 is 27.8 Å². The van der Waals surface area contributed by atoms with Crippen molar-refractivity contribution in [2.45, 2.75) is 142 Å². The first kappa shape index (κ1) is 43.6. The van der Waals surface area contributed by atoms with Crippen LogP contribution in [0.5, 0.6) is 0 Å². The molecule has 42 heavy (non-hydrogen) atoms. The van der Waals surface area contributed by atoms with Crippen LogP contribution in [0.25, 0.3) is 0 Å². The topological polar surface area (TPSA) is 55.4 Å². The Balaban J connectivity index is 3.17. The summed E-state index contributed by atoms with van der Waals surface area (Å²) in [7, 11) is 7.30. The maximum Gasteiger partial charge on any atom is 0.161 e. The van der Waals surface area contributed by atoms with E-state index in [1.54, 1.807) is 0 Å². The van der Waals surface area contributed by atoms with Crippen LogP contribution >= 0.6 is 41.2 Å². The lowest BCUT2D eigenvalue weighted by Crippen LogP contribution is -2.17. The molecule has 0 unspecified atom stereocenters. The van der Waals surface area contributed by atoms with E-state index in [1.807, 2.05) is 68.9 Å². The molecule has 0 aromatic heterocycles. The molecule has 0 aliphatic rings. The molecule has 0 saturated heterocycles. The molecule has 0 aromatic carbocycles. The summed E-state index contributed by atoms with van der Waals surface area (Å²) in [5.41, 5.74) is 0. The molecule has 0 heterocycles. The van der Waals surface area contributed by atoms with Crippen molar-refractivity contribution in [3.63, 3.8) is 0 Å². The number of rotatable bonds is 37. The molecule has 0 amide bonds. The van der Waals surface area contributed by atoms with Crippen LogP contribution in [0.3, 0.4) is 0 Å². The van der Waals surface area contributed by atoms with Crippen molar-refractivity contribution in [1.29, 1.82) is 0 Å². The van der Waals surface area contributed by atoms with Gasteiger partial charge in [0.25, 0.3) is 0 Å². The highest BCUT2D eigenvalue weighted by molar-refractivity contribution is 9.26. The summed E-state index contributed by atoms with van der Waals surface area (Å²) in [6.07, 6.45) is 17.1. The molecule has 0 aliphatic heterocycles. The molecular formula is C30H66O6S4Si2. The lowest BCUT2D eigenvalue weighted by molar-refractivity contribution is -0.140. The highest BCUT2D eigenvalue weighted by atomic mass is 33.7. The molecule has 12 heteroatoms. The second kappa shape index (κ2) is 38.8. The largest absolute Gasteiger partial charge is 0.424 e. The van der Waals surface area contributed by atoms with Gasteiger partial charge in [-0.3, -0.25) is 0 Å². The lowest BCUT2D eigenvalue weighted by atomic mass is 10.1. The van der Waals surface area contributed by atoms with Crippen molar-refractivity contribution >= 4 is 60.8 Å². The third-order valence-electron chi connectivity index (χ3n) is 6.52. The van der Waals surface area contributed by atoms with Gasteiger partial charge in [-0.1, -0.05) is 60.1 Å². The van der Waals surface area contributed by atoms with Crippen LogP contribution in [0.1, 0.15) is 118 Å². The molecule has 0 atom stereocenters. The maximum absolute atomic E-state index is 5.96. The average Bonchev–Trinajstić information content (AvgIpc) is 2.99. The minimum Gasteiger partial charge on any atom is -0.424 e. The quantitative estimate of drug-likeness (QED) is 0.0271. The monoisotopic (exact) mass is 706 g/mol. The van der Waals surface area contributed by atoms with Crippen LogP contribution in [0.15, 0.2) is 0 Å². The Kier molecular flexibility index (Phi) is 40.2. The zero-order valence-electron chi connectivity index (χ0n) is 27.6. The Labute approximate surface area is 280 Å². The first-order chi connectivity index (χ1) is 20.8. The summed E-state index contributed by atoms with van der Waals surface area (Å²) in [6.45, 7) is 13.0. The zero-order chi connectivity index (χ0) is 30.6. The standard InChI is InChI=1S/C30H66O6S4Si2/c1-5-31-29(32-6-2)21-15-11-9-13-17-23-35-41-27-19-25-37-39-40-38-26-20-28-42-36-24-18-14-10-12-16-22-30(33-7-3)34-8-4/h29-30H,5-28,41-42H2,1-4H3. The van der Waals surface area contributed by atoms with Crippen LogP contribution in [0.4, 0.5) is 0 Å². The van der Waals surface area contributed by atoms with Crippen LogP contribution in [0.2, 0.25) is 12.1 Å². The Hall–Kier alpha value is 1.59. The Bertz CT molecular complexity index is 453. The van der Waals surface area contributed by atoms with Crippen molar-refractivity contribution in [2.75, 3.05) is 51.1 Å². The Morgan fingerprint density at radius 2 is 0.810 bits per heavy atom. The van der Waals surface area contributed by atoms with Crippen molar-refractivity contribution in [3.05, 3.63) is 0 Å². The van der Waals surface area contributed by atoms with Crippen molar-refractivity contribution in [3.8, 4) is 0 Å². The zero-order valence-corrected chi connectivity index (χ0v) is 33.7. The highest BCUT2D eigenvalue weighted by Gasteiger charge is 2.08. The summed E-state index contributed by atoms with van der Waals surface area (Å²) in [5, 5.41) is 0. The molecule has 0 rings (SSSR count). The van der Waals surface area contributed by atoms with Crippen LogP contribution in [-0.4, -0.2) is 83.3 Å². The molecule has 0 N–H and O–H groups in total. The molecule has 0 aromatic rings. The van der Waals surface area contributed by atoms with Gasteiger partial charge in [-0.25, -0.2) is 0 Å². The molecule has 0 radical (unpaired) electrons. The normalized spacial score (nSPS) is 12.4. The van der Waals surface area contributed by atoms with E-state index in [1.165, 1.54) is 101 Å². The molecule has 254 valence electrons. The molecular weight excluding hydrogens is 641 g/mol. The van der Waals surface area contributed by atoms with Gasteiger partial charge in [0.2, 0.25) is 0 Å². The molecule has 0 aliphatic carbocycles. The maximum atomic E-state index is 5.96. The van der Waals surface area contributed by atoms with E-state index in [9.17, 15) is 0 Å². The fourth-order valence-corrected chi connectivity index (χ4v) is 13.4. The fraction of sp³-hybridized carbons (Fsp3) is 1.00. The predicted molar refractivity (Wildman–Crippen MR) is 197 cm³/mol. The number of hydrogen-bond donors (Lipinski definition) is 0. The second-order valence-corrected chi connectivity index (χ2v) is 19.5. The van der Waals surface area contributed by atoms with E-state index in [4.69, 9.17) is 27.8 Å². The smallest absolute Gasteiger partial charge is 0.161 e. The van der Waals surface area contributed by atoms with E-state index in [-0.39, 0.29) is 32.1 Å². The van der Waals surface area contributed by atoms with Crippen LogP contribution in [0, 0.1) is 0 Å². The van der Waals surface area contributed by atoms with Crippen molar-refractivity contribution in [1.82, 2.24) is 0 Å². The first-order valence-corrected chi connectivity index (χ1v) is 25.3. The van der Waals surface area contributed by atoms with Gasteiger partial charge in [0.15, 0.2) is 32.1 Å². The first-order valence-electron chi connectivity index (χ1n) is 17.0. The summed E-state index contributed by atoms with van der Waals surface area (Å²) in [4.78, 5) is 0. The number of hydrogen-bond acceptors (Lipinski definition) is 10. The molecule has 6 nitrogen and oxygen atoms in total. The van der Waals surface area contributed by atoms with Gasteiger partial charge in [-0.05, 0) is 111 Å². The van der Waals surface area contributed by atoms with Crippen LogP contribution < -0.4 is 0 Å². The lowest BCUT2D eigenvalue weighted by Gasteiger charge is -2.16. The van der Waals surface area contributed by atoms with E-state index in [2.05, 4.69) is 0 Å². The Morgan fingerprint density at radius 1 is 0.452 bits per heavy atom. The van der Waals surface area contributed by atoms with Gasteiger partial charge in [-0.15, -0.1) is 0 Å². The van der Waals surface area contributed by atoms with E-state index in [0.717, 1.165) is 52.5 Å². The summed E-state index contributed by atoms with van der Waals surface area (Å²) >= 11 is 0. The number of unbranched alkanes of at least 4 members (excludes halogenated alkanes) is 8.